The Morgan fingerprint density at radius 2 is 1.91 bits per heavy atom. The summed E-state index contributed by atoms with van der Waals surface area (Å²) in [6.45, 7) is 8.86. The summed E-state index contributed by atoms with van der Waals surface area (Å²) in [5.74, 6) is 0.982. The van der Waals surface area contributed by atoms with E-state index in [1.54, 1.807) is 0 Å². The van der Waals surface area contributed by atoms with Crippen LogP contribution in [0.5, 0.6) is 0 Å². The number of hydrogen-bond donors (Lipinski definition) is 0. The maximum Gasteiger partial charge on any atom is 0.226 e. The molecular formula is C29H43N3O. The number of likely N-dealkylation sites (tertiary alicyclic amines) is 1. The van der Waals surface area contributed by atoms with E-state index in [0.717, 1.165) is 32.4 Å². The van der Waals surface area contributed by atoms with Crippen molar-refractivity contribution in [1.29, 1.82) is 0 Å². The Morgan fingerprint density at radius 1 is 1.15 bits per heavy atom. The first kappa shape index (κ1) is 23.0. The van der Waals surface area contributed by atoms with Gasteiger partial charge in [-0.2, -0.15) is 0 Å². The van der Waals surface area contributed by atoms with Gasteiger partial charge >= 0.3 is 0 Å². The standard InChI is InChI=1S/C29H43N3O/c1-5-15-31-18-22(29(33)30(4)23-11-8-6-7-9-12-23)16-25-24-13-10-14-26-28(24)21(17-27(25)31)19-32(26)20(2)3/h10,13-14,19-20,22-23,25,27H,5-9,11-12,15-18H2,1-4H3/t22-,25-,27-/m1/s1. The fourth-order valence-corrected chi connectivity index (χ4v) is 7.19. The average Bonchev–Trinajstić information content (AvgIpc) is 3.00. The van der Waals surface area contributed by atoms with E-state index in [2.05, 4.69) is 66.6 Å². The lowest BCUT2D eigenvalue weighted by Gasteiger charge is -2.47. The molecule has 33 heavy (non-hydrogen) atoms. The Morgan fingerprint density at radius 3 is 2.61 bits per heavy atom. The molecule has 1 amide bonds. The van der Waals surface area contributed by atoms with Gasteiger partial charge in [0.15, 0.2) is 0 Å². The Hall–Kier alpha value is -1.81. The second-order valence-electron chi connectivity index (χ2n) is 11.3. The third kappa shape index (κ3) is 4.13. The van der Waals surface area contributed by atoms with Gasteiger partial charge in [-0.05, 0) is 69.7 Å². The number of nitrogens with zero attached hydrogens (tertiary/aromatic N) is 3. The fraction of sp³-hybridized carbons (Fsp3) is 0.690. The lowest BCUT2D eigenvalue weighted by Crippen LogP contribution is -2.54. The number of carbonyl (C=O) groups is 1. The quantitative estimate of drug-likeness (QED) is 0.513. The van der Waals surface area contributed by atoms with E-state index in [1.807, 2.05) is 0 Å². The monoisotopic (exact) mass is 449 g/mol. The van der Waals surface area contributed by atoms with Crippen LogP contribution in [0.1, 0.15) is 95.2 Å². The van der Waals surface area contributed by atoms with E-state index in [1.165, 1.54) is 60.6 Å². The summed E-state index contributed by atoms with van der Waals surface area (Å²) in [5, 5.41) is 1.48. The minimum Gasteiger partial charge on any atom is -0.345 e. The number of hydrogen-bond acceptors (Lipinski definition) is 2. The fourth-order valence-electron chi connectivity index (χ4n) is 7.19. The van der Waals surface area contributed by atoms with Crippen molar-refractivity contribution in [3.63, 3.8) is 0 Å². The van der Waals surface area contributed by atoms with E-state index in [9.17, 15) is 4.79 Å². The van der Waals surface area contributed by atoms with E-state index < -0.39 is 0 Å². The van der Waals surface area contributed by atoms with Crippen LogP contribution in [0.2, 0.25) is 0 Å². The minimum atomic E-state index is 0.120. The van der Waals surface area contributed by atoms with Gasteiger partial charge in [-0.25, -0.2) is 0 Å². The molecule has 0 radical (unpaired) electrons. The molecule has 2 heterocycles. The number of piperidine rings is 1. The number of rotatable bonds is 5. The summed E-state index contributed by atoms with van der Waals surface area (Å²) in [6, 6.07) is 8.33. The molecule has 5 rings (SSSR count). The molecule has 2 aliphatic carbocycles. The van der Waals surface area contributed by atoms with Crippen LogP contribution in [-0.2, 0) is 11.2 Å². The molecule has 2 fully saturated rings. The molecule has 3 aliphatic rings. The Balaban J connectivity index is 1.46. The van der Waals surface area contributed by atoms with Crippen LogP contribution in [0.3, 0.4) is 0 Å². The first-order valence-electron chi connectivity index (χ1n) is 13.6. The molecule has 1 aromatic carbocycles. The highest BCUT2D eigenvalue weighted by molar-refractivity contribution is 5.89. The summed E-state index contributed by atoms with van der Waals surface area (Å²) >= 11 is 0. The molecule has 1 saturated heterocycles. The Kier molecular flexibility index (Phi) is 6.57. The third-order valence-electron chi connectivity index (χ3n) is 8.86. The van der Waals surface area contributed by atoms with E-state index in [-0.39, 0.29) is 5.92 Å². The van der Waals surface area contributed by atoms with Crippen LogP contribution in [0.15, 0.2) is 24.4 Å². The predicted molar refractivity (Wildman–Crippen MR) is 137 cm³/mol. The van der Waals surface area contributed by atoms with E-state index in [4.69, 9.17) is 0 Å². The molecule has 0 spiro atoms. The number of carbonyl (C=O) groups excluding carboxylic acids is 1. The smallest absolute Gasteiger partial charge is 0.226 e. The number of fused-ring (bicyclic) bond motifs is 2. The maximum atomic E-state index is 13.8. The summed E-state index contributed by atoms with van der Waals surface area (Å²) in [4.78, 5) is 18.6. The minimum absolute atomic E-state index is 0.120. The topological polar surface area (TPSA) is 28.5 Å². The molecule has 0 unspecified atom stereocenters. The highest BCUT2D eigenvalue weighted by Crippen LogP contribution is 2.46. The first-order valence-corrected chi connectivity index (χ1v) is 13.6. The van der Waals surface area contributed by atoms with Crippen molar-refractivity contribution in [2.75, 3.05) is 20.1 Å². The second kappa shape index (κ2) is 9.44. The highest BCUT2D eigenvalue weighted by Gasteiger charge is 2.43. The molecule has 180 valence electrons. The van der Waals surface area contributed by atoms with Gasteiger partial charge < -0.3 is 9.47 Å². The largest absolute Gasteiger partial charge is 0.345 e. The van der Waals surface area contributed by atoms with Crippen LogP contribution >= 0.6 is 0 Å². The highest BCUT2D eigenvalue weighted by atomic mass is 16.2. The van der Waals surface area contributed by atoms with Crippen molar-refractivity contribution in [3.8, 4) is 0 Å². The first-order chi connectivity index (χ1) is 16.0. The Labute approximate surface area is 200 Å². The van der Waals surface area contributed by atoms with Crippen LogP contribution in [0.25, 0.3) is 10.9 Å². The van der Waals surface area contributed by atoms with Crippen LogP contribution in [-0.4, -0.2) is 52.5 Å². The van der Waals surface area contributed by atoms with Crippen LogP contribution < -0.4 is 0 Å². The van der Waals surface area contributed by atoms with Crippen molar-refractivity contribution in [2.24, 2.45) is 5.92 Å². The zero-order valence-electron chi connectivity index (χ0n) is 21.2. The molecule has 3 atom stereocenters. The lowest BCUT2D eigenvalue weighted by molar-refractivity contribution is -0.139. The molecule has 4 heteroatoms. The van der Waals surface area contributed by atoms with E-state index >= 15 is 0 Å². The van der Waals surface area contributed by atoms with Gasteiger partial charge in [-0.1, -0.05) is 44.7 Å². The Bertz CT molecular complexity index is 984. The molecule has 4 nitrogen and oxygen atoms in total. The van der Waals surface area contributed by atoms with Gasteiger partial charge in [0.2, 0.25) is 5.91 Å². The second-order valence-corrected chi connectivity index (χ2v) is 11.3. The molecule has 2 aromatic rings. The maximum absolute atomic E-state index is 13.8. The van der Waals surface area contributed by atoms with E-state index in [0.29, 0.717) is 30.0 Å². The zero-order valence-corrected chi connectivity index (χ0v) is 21.2. The summed E-state index contributed by atoms with van der Waals surface area (Å²) in [6.07, 6.45) is 13.3. The summed E-state index contributed by atoms with van der Waals surface area (Å²) in [7, 11) is 2.09. The summed E-state index contributed by atoms with van der Waals surface area (Å²) in [5.41, 5.74) is 4.38. The SMILES string of the molecule is CCCN1C[C@H](C(=O)N(C)C2CCCCCC2)C[C@@H]2c3cccc4c3c(cn4C(C)C)C[C@H]21. The van der Waals surface area contributed by atoms with Crippen molar-refractivity contribution < 1.29 is 4.79 Å². The number of benzene rings is 1. The lowest BCUT2D eigenvalue weighted by atomic mass is 9.72. The molecular weight excluding hydrogens is 406 g/mol. The molecule has 1 aromatic heterocycles. The van der Waals surface area contributed by atoms with Gasteiger partial charge in [0.05, 0.1) is 5.92 Å². The molecule has 1 saturated carbocycles. The van der Waals surface area contributed by atoms with Crippen molar-refractivity contribution in [2.45, 2.75) is 103 Å². The van der Waals surface area contributed by atoms with Crippen LogP contribution in [0, 0.1) is 5.92 Å². The van der Waals surface area contributed by atoms with Gasteiger partial charge in [0, 0.05) is 54.7 Å². The van der Waals surface area contributed by atoms with Gasteiger partial charge in [-0.3, -0.25) is 9.69 Å². The normalized spacial score (nSPS) is 26.4. The molecule has 0 N–H and O–H groups in total. The third-order valence-corrected chi connectivity index (χ3v) is 8.86. The van der Waals surface area contributed by atoms with Crippen LogP contribution in [0.4, 0.5) is 0 Å². The molecule has 0 bridgehead atoms. The van der Waals surface area contributed by atoms with Gasteiger partial charge in [0.1, 0.15) is 0 Å². The number of amides is 1. The van der Waals surface area contributed by atoms with Gasteiger partial charge in [-0.15, -0.1) is 0 Å². The van der Waals surface area contributed by atoms with Gasteiger partial charge in [0.25, 0.3) is 0 Å². The summed E-state index contributed by atoms with van der Waals surface area (Å²) < 4.78 is 2.46. The molecule has 1 aliphatic heterocycles. The van der Waals surface area contributed by atoms with Crippen molar-refractivity contribution >= 4 is 16.8 Å². The average molecular weight is 450 g/mol. The number of aromatic nitrogens is 1. The van der Waals surface area contributed by atoms with Crippen molar-refractivity contribution in [1.82, 2.24) is 14.4 Å². The van der Waals surface area contributed by atoms with Crippen molar-refractivity contribution in [3.05, 3.63) is 35.5 Å². The predicted octanol–water partition coefficient (Wildman–Crippen LogP) is 6.14. The zero-order chi connectivity index (χ0) is 23.1.